The Hall–Kier alpha value is -1.36. The van der Waals surface area contributed by atoms with Crippen molar-refractivity contribution in [1.82, 2.24) is 0 Å². The quantitative estimate of drug-likeness (QED) is 0.821. The highest BCUT2D eigenvalue weighted by atomic mass is 79.9. The summed E-state index contributed by atoms with van der Waals surface area (Å²) in [4.78, 5) is 21.5. The van der Waals surface area contributed by atoms with Gasteiger partial charge in [0.05, 0.1) is 11.1 Å². The van der Waals surface area contributed by atoms with E-state index in [1.54, 1.807) is 6.07 Å². The average Bonchev–Trinajstić information content (AvgIpc) is 2.02. The van der Waals surface area contributed by atoms with Gasteiger partial charge in [-0.05, 0) is 28.1 Å². The summed E-state index contributed by atoms with van der Waals surface area (Å²) in [5, 5.41) is 8.71. The zero-order valence-corrected chi connectivity index (χ0v) is 8.04. The molecule has 0 spiro atoms. The number of amides is 1. The average molecular weight is 244 g/mol. The molecule has 0 aromatic heterocycles. The second-order valence-electron chi connectivity index (χ2n) is 2.33. The second kappa shape index (κ2) is 3.57. The summed E-state index contributed by atoms with van der Waals surface area (Å²) < 4.78 is 0.389. The normalized spacial score (nSPS) is 9.62. The van der Waals surface area contributed by atoms with Gasteiger partial charge >= 0.3 is 5.97 Å². The second-order valence-corrected chi connectivity index (χ2v) is 3.19. The first kappa shape index (κ1) is 9.73. The molecule has 0 aliphatic carbocycles. The van der Waals surface area contributed by atoms with Crippen molar-refractivity contribution < 1.29 is 14.7 Å². The molecule has 0 fully saturated rings. The molecule has 0 bridgehead atoms. The van der Waals surface area contributed by atoms with Crippen molar-refractivity contribution in [3.63, 3.8) is 0 Å². The van der Waals surface area contributed by atoms with Crippen LogP contribution in [0.25, 0.3) is 0 Å². The molecule has 0 aliphatic rings. The maximum absolute atomic E-state index is 10.9. The lowest BCUT2D eigenvalue weighted by Gasteiger charge is -2.03. The van der Waals surface area contributed by atoms with Gasteiger partial charge in [0.15, 0.2) is 0 Å². The van der Waals surface area contributed by atoms with Gasteiger partial charge in [-0.2, -0.15) is 0 Å². The summed E-state index contributed by atoms with van der Waals surface area (Å²) in [5.74, 6) is -1.93. The molecule has 0 radical (unpaired) electrons. The van der Waals surface area contributed by atoms with Gasteiger partial charge in [0.1, 0.15) is 0 Å². The van der Waals surface area contributed by atoms with E-state index in [0.29, 0.717) is 4.47 Å². The van der Waals surface area contributed by atoms with E-state index in [9.17, 15) is 9.59 Å². The van der Waals surface area contributed by atoms with Crippen molar-refractivity contribution in [1.29, 1.82) is 0 Å². The number of benzene rings is 1. The lowest BCUT2D eigenvalue weighted by atomic mass is 10.1. The fourth-order valence-corrected chi connectivity index (χ4v) is 1.51. The van der Waals surface area contributed by atoms with Crippen LogP contribution in [0.2, 0.25) is 0 Å². The third kappa shape index (κ3) is 1.86. The Morgan fingerprint density at radius 1 is 1.38 bits per heavy atom. The van der Waals surface area contributed by atoms with Gasteiger partial charge in [0.2, 0.25) is 0 Å². The van der Waals surface area contributed by atoms with Gasteiger partial charge < -0.3 is 10.8 Å². The first-order valence-corrected chi connectivity index (χ1v) is 4.15. The van der Waals surface area contributed by atoms with Gasteiger partial charge in [-0.3, -0.25) is 4.79 Å². The molecule has 4 nitrogen and oxygen atoms in total. The smallest absolute Gasteiger partial charge is 0.336 e. The van der Waals surface area contributed by atoms with Crippen molar-refractivity contribution in [3.05, 3.63) is 33.8 Å². The largest absolute Gasteiger partial charge is 0.478 e. The van der Waals surface area contributed by atoms with Crippen molar-refractivity contribution in [2.24, 2.45) is 5.73 Å². The molecule has 0 saturated carbocycles. The number of nitrogens with two attached hydrogens (primary N) is 1. The molecule has 0 saturated heterocycles. The van der Waals surface area contributed by atoms with Crippen molar-refractivity contribution in [2.75, 3.05) is 0 Å². The van der Waals surface area contributed by atoms with E-state index in [0.717, 1.165) is 0 Å². The van der Waals surface area contributed by atoms with Crippen LogP contribution in [0.1, 0.15) is 20.7 Å². The number of hydrogen-bond donors (Lipinski definition) is 2. The lowest BCUT2D eigenvalue weighted by Crippen LogP contribution is -2.16. The SMILES string of the molecule is NC(=O)c1c(Br)cccc1C(=O)O. The Bertz CT molecular complexity index is 376. The van der Waals surface area contributed by atoms with E-state index >= 15 is 0 Å². The predicted molar refractivity (Wildman–Crippen MR) is 49.6 cm³/mol. The topological polar surface area (TPSA) is 80.4 Å². The maximum atomic E-state index is 10.9. The van der Waals surface area contributed by atoms with Gasteiger partial charge in [-0.1, -0.05) is 6.07 Å². The molecular formula is C8H6BrNO3. The zero-order valence-electron chi connectivity index (χ0n) is 6.45. The highest BCUT2D eigenvalue weighted by molar-refractivity contribution is 9.10. The highest BCUT2D eigenvalue weighted by Crippen LogP contribution is 2.19. The van der Waals surface area contributed by atoms with Gasteiger partial charge in [-0.15, -0.1) is 0 Å². The number of hydrogen-bond acceptors (Lipinski definition) is 2. The predicted octanol–water partition coefficient (Wildman–Crippen LogP) is 1.25. The molecule has 68 valence electrons. The number of rotatable bonds is 2. The number of aromatic carboxylic acids is 1. The van der Waals surface area contributed by atoms with E-state index in [2.05, 4.69) is 15.9 Å². The summed E-state index contributed by atoms with van der Waals surface area (Å²) in [6.07, 6.45) is 0. The van der Waals surface area contributed by atoms with Gasteiger partial charge in [0, 0.05) is 4.47 Å². The molecule has 13 heavy (non-hydrogen) atoms. The van der Waals surface area contributed by atoms with Crippen LogP contribution >= 0.6 is 15.9 Å². The summed E-state index contributed by atoms with van der Waals surface area (Å²) in [7, 11) is 0. The zero-order chi connectivity index (χ0) is 10.0. The molecule has 1 amide bonds. The number of primary amides is 1. The van der Waals surface area contributed by atoms with Crippen molar-refractivity contribution in [2.45, 2.75) is 0 Å². The van der Waals surface area contributed by atoms with Crippen LogP contribution in [-0.4, -0.2) is 17.0 Å². The third-order valence-electron chi connectivity index (χ3n) is 1.49. The first-order chi connectivity index (χ1) is 6.04. The molecule has 1 aromatic rings. The number of carbonyl (C=O) groups excluding carboxylic acids is 1. The summed E-state index contributed by atoms with van der Waals surface area (Å²) in [6, 6.07) is 4.42. The number of carboxylic acids is 1. The molecule has 3 N–H and O–H groups in total. The van der Waals surface area contributed by atoms with E-state index in [4.69, 9.17) is 10.8 Å². The first-order valence-electron chi connectivity index (χ1n) is 3.35. The summed E-state index contributed by atoms with van der Waals surface area (Å²) in [6.45, 7) is 0. The number of carbonyl (C=O) groups is 2. The van der Waals surface area contributed by atoms with Crippen LogP contribution in [0.15, 0.2) is 22.7 Å². The fourth-order valence-electron chi connectivity index (χ4n) is 0.953. The molecule has 1 aromatic carbocycles. The van der Waals surface area contributed by atoms with Gasteiger partial charge in [0.25, 0.3) is 5.91 Å². The highest BCUT2D eigenvalue weighted by Gasteiger charge is 2.16. The minimum Gasteiger partial charge on any atom is -0.478 e. The Morgan fingerprint density at radius 3 is 2.38 bits per heavy atom. The molecular weight excluding hydrogens is 238 g/mol. The Balaban J connectivity index is 3.43. The lowest BCUT2D eigenvalue weighted by molar-refractivity contribution is 0.0692. The Morgan fingerprint density at radius 2 is 2.00 bits per heavy atom. The van der Waals surface area contributed by atoms with E-state index in [1.165, 1.54) is 12.1 Å². The molecule has 1 rings (SSSR count). The Kier molecular flexibility index (Phi) is 2.67. The van der Waals surface area contributed by atoms with Crippen molar-refractivity contribution >= 4 is 27.8 Å². The van der Waals surface area contributed by atoms with E-state index < -0.39 is 11.9 Å². The Labute approximate surface area is 82.5 Å². The number of carboxylic acid groups (broad SMARTS) is 1. The molecule has 0 heterocycles. The molecule has 0 atom stereocenters. The maximum Gasteiger partial charge on any atom is 0.336 e. The van der Waals surface area contributed by atoms with Crippen LogP contribution < -0.4 is 5.73 Å². The van der Waals surface area contributed by atoms with E-state index in [-0.39, 0.29) is 11.1 Å². The minimum absolute atomic E-state index is 0.00463. The van der Waals surface area contributed by atoms with Gasteiger partial charge in [-0.25, -0.2) is 4.79 Å². The molecule has 0 aliphatic heterocycles. The van der Waals surface area contributed by atoms with Crippen molar-refractivity contribution in [3.8, 4) is 0 Å². The van der Waals surface area contributed by atoms with Crippen LogP contribution in [0.3, 0.4) is 0 Å². The van der Waals surface area contributed by atoms with Crippen LogP contribution in [0.5, 0.6) is 0 Å². The minimum atomic E-state index is -1.17. The van der Waals surface area contributed by atoms with Crippen LogP contribution in [0.4, 0.5) is 0 Å². The summed E-state index contributed by atoms with van der Waals surface area (Å²) in [5.41, 5.74) is 4.92. The standard InChI is InChI=1S/C8H6BrNO3/c9-5-3-1-2-4(8(12)13)6(5)7(10)11/h1-3H,(H2,10,11)(H,12,13). The summed E-state index contributed by atoms with van der Waals surface area (Å²) >= 11 is 3.05. The molecule has 0 unspecified atom stereocenters. The van der Waals surface area contributed by atoms with E-state index in [1.807, 2.05) is 0 Å². The monoisotopic (exact) mass is 243 g/mol. The third-order valence-corrected chi connectivity index (χ3v) is 2.15. The van der Waals surface area contributed by atoms with Crippen LogP contribution in [-0.2, 0) is 0 Å². The van der Waals surface area contributed by atoms with Crippen LogP contribution in [0, 0.1) is 0 Å². The number of halogens is 1. The fraction of sp³-hybridized carbons (Fsp3) is 0. The molecule has 5 heteroatoms.